The van der Waals surface area contributed by atoms with Gasteiger partial charge in [0.2, 0.25) is 5.75 Å². The lowest BCUT2D eigenvalue weighted by Crippen LogP contribution is -2.35. The minimum Gasteiger partial charge on any atom is -0.501 e. The summed E-state index contributed by atoms with van der Waals surface area (Å²) in [5, 5.41) is 13.1. The number of hydrogen-bond donors (Lipinski definition) is 3. The number of nitrogens with one attached hydrogen (secondary N) is 2. The van der Waals surface area contributed by atoms with Gasteiger partial charge in [-0.05, 0) is 41.7 Å². The Morgan fingerprint density at radius 1 is 1.00 bits per heavy atom. The normalized spacial score (nSPS) is 13.9. The van der Waals surface area contributed by atoms with Crippen molar-refractivity contribution < 1.29 is 14.3 Å². The van der Waals surface area contributed by atoms with Gasteiger partial charge in [-0.15, -0.1) is 0 Å². The second-order valence-corrected chi connectivity index (χ2v) is 9.16. The quantitative estimate of drug-likeness (QED) is 0.320. The number of H-pyrrole nitrogens is 1. The van der Waals surface area contributed by atoms with Crippen LogP contribution in [0.1, 0.15) is 51.9 Å². The minimum absolute atomic E-state index is 0.0900. The van der Waals surface area contributed by atoms with E-state index in [0.717, 1.165) is 24.0 Å². The lowest BCUT2D eigenvalue weighted by Gasteiger charge is -2.32. The van der Waals surface area contributed by atoms with Crippen molar-refractivity contribution in [3.63, 3.8) is 0 Å². The summed E-state index contributed by atoms with van der Waals surface area (Å²) in [6.07, 6.45) is 2.03. The first-order valence-electron chi connectivity index (χ1n) is 12.2. The molecule has 3 aromatic carbocycles. The van der Waals surface area contributed by atoms with Gasteiger partial charge in [0.25, 0.3) is 11.5 Å². The fraction of sp³-hybridized carbons (Fsp3) is 0.207. The number of halogens is 1. The molecule has 37 heavy (non-hydrogen) atoms. The molecule has 1 saturated carbocycles. The fourth-order valence-corrected chi connectivity index (χ4v) is 4.41. The first kappa shape index (κ1) is 24.4. The van der Waals surface area contributed by atoms with Gasteiger partial charge in [0.05, 0.1) is 6.04 Å². The Hall–Kier alpha value is -4.30. The average Bonchev–Trinajstić information content (AvgIpc) is 3.76. The Balaban J connectivity index is 1.50. The van der Waals surface area contributed by atoms with Crippen LogP contribution in [0.4, 0.5) is 4.39 Å². The summed E-state index contributed by atoms with van der Waals surface area (Å²) >= 11 is 0. The van der Waals surface area contributed by atoms with Crippen molar-refractivity contribution in [1.29, 1.82) is 0 Å². The SMILES string of the molecule is O=C(NCc1ccc(F)cc1)c1nc(C(c2ccccc2)N(Cc2ccccc2)C2CC2)[nH]c(=O)c1O. The number of benzene rings is 3. The van der Waals surface area contributed by atoms with Crippen LogP contribution in [0.15, 0.2) is 89.7 Å². The van der Waals surface area contributed by atoms with E-state index in [1.165, 1.54) is 12.1 Å². The van der Waals surface area contributed by atoms with Crippen molar-refractivity contribution in [1.82, 2.24) is 20.2 Å². The van der Waals surface area contributed by atoms with Crippen molar-refractivity contribution in [3.05, 3.63) is 129 Å². The highest BCUT2D eigenvalue weighted by atomic mass is 19.1. The van der Waals surface area contributed by atoms with Gasteiger partial charge < -0.3 is 15.4 Å². The molecule has 0 saturated heterocycles. The standard InChI is InChI=1S/C29H27FN4O3/c30-22-13-11-19(12-14-22)17-31-28(36)24-26(35)29(37)33-27(32-24)25(21-9-5-2-6-10-21)34(23-15-16-23)18-20-7-3-1-4-8-20/h1-14,23,25,35H,15-18H2,(H,31,36)(H,32,33,37). The topological polar surface area (TPSA) is 98.3 Å². The highest BCUT2D eigenvalue weighted by Gasteiger charge is 2.37. The third kappa shape index (κ3) is 5.76. The van der Waals surface area contributed by atoms with Gasteiger partial charge in [-0.3, -0.25) is 14.5 Å². The Labute approximate surface area is 213 Å². The van der Waals surface area contributed by atoms with Crippen LogP contribution in [0.3, 0.4) is 0 Å². The summed E-state index contributed by atoms with van der Waals surface area (Å²) in [4.78, 5) is 35.3. The molecule has 1 aromatic heterocycles. The third-order valence-corrected chi connectivity index (χ3v) is 6.42. The predicted molar refractivity (Wildman–Crippen MR) is 137 cm³/mol. The maximum Gasteiger partial charge on any atom is 0.293 e. The number of rotatable bonds is 9. The molecule has 8 heteroatoms. The number of carbonyl (C=O) groups is 1. The van der Waals surface area contributed by atoms with Gasteiger partial charge in [0.15, 0.2) is 5.69 Å². The molecule has 0 spiro atoms. The summed E-state index contributed by atoms with van der Waals surface area (Å²) in [6.45, 7) is 0.717. The lowest BCUT2D eigenvalue weighted by molar-refractivity contribution is 0.0941. The molecule has 0 aliphatic heterocycles. The molecule has 1 aliphatic rings. The molecule has 4 aromatic rings. The molecule has 1 amide bonds. The molecular formula is C29H27FN4O3. The monoisotopic (exact) mass is 498 g/mol. The van der Waals surface area contributed by atoms with Crippen LogP contribution in [0, 0.1) is 5.82 Å². The van der Waals surface area contributed by atoms with Gasteiger partial charge in [-0.1, -0.05) is 72.8 Å². The molecule has 0 radical (unpaired) electrons. The van der Waals surface area contributed by atoms with Crippen molar-refractivity contribution in [3.8, 4) is 5.75 Å². The third-order valence-electron chi connectivity index (χ3n) is 6.42. The van der Waals surface area contributed by atoms with E-state index in [1.54, 1.807) is 12.1 Å². The van der Waals surface area contributed by atoms with E-state index in [-0.39, 0.29) is 23.9 Å². The molecule has 1 aliphatic carbocycles. The molecule has 1 heterocycles. The molecular weight excluding hydrogens is 471 g/mol. The highest BCUT2D eigenvalue weighted by Crippen LogP contribution is 2.38. The second kappa shape index (κ2) is 10.8. The van der Waals surface area contributed by atoms with Crippen LogP contribution < -0.4 is 10.9 Å². The minimum atomic E-state index is -0.784. The molecule has 1 unspecified atom stereocenters. The van der Waals surface area contributed by atoms with E-state index in [2.05, 4.69) is 32.3 Å². The number of nitrogens with zero attached hydrogens (tertiary/aromatic N) is 2. The molecule has 7 nitrogen and oxygen atoms in total. The summed E-state index contributed by atoms with van der Waals surface area (Å²) in [7, 11) is 0. The summed E-state index contributed by atoms with van der Waals surface area (Å²) < 4.78 is 13.2. The second-order valence-electron chi connectivity index (χ2n) is 9.16. The smallest absolute Gasteiger partial charge is 0.293 e. The Morgan fingerprint density at radius 2 is 1.65 bits per heavy atom. The van der Waals surface area contributed by atoms with Crippen LogP contribution in [-0.4, -0.2) is 31.9 Å². The Kier molecular flexibility index (Phi) is 7.09. The van der Waals surface area contributed by atoms with Crippen molar-refractivity contribution >= 4 is 5.91 Å². The van der Waals surface area contributed by atoms with Crippen molar-refractivity contribution in [2.45, 2.75) is 38.0 Å². The summed E-state index contributed by atoms with van der Waals surface area (Å²) in [5.74, 6) is -1.53. The predicted octanol–water partition coefficient (Wildman–Crippen LogP) is 4.30. The largest absolute Gasteiger partial charge is 0.501 e. The summed E-state index contributed by atoms with van der Waals surface area (Å²) in [6, 6.07) is 25.3. The molecule has 188 valence electrons. The average molecular weight is 499 g/mol. The van der Waals surface area contributed by atoms with Gasteiger partial charge in [0, 0.05) is 19.1 Å². The number of amides is 1. The van der Waals surface area contributed by atoms with E-state index in [1.807, 2.05) is 48.5 Å². The molecule has 5 rings (SSSR count). The zero-order valence-electron chi connectivity index (χ0n) is 20.1. The maximum atomic E-state index is 13.2. The number of aromatic nitrogens is 2. The number of aromatic amines is 1. The van der Waals surface area contributed by atoms with E-state index < -0.39 is 23.3 Å². The zero-order valence-corrected chi connectivity index (χ0v) is 20.1. The van der Waals surface area contributed by atoms with Crippen LogP contribution in [0.25, 0.3) is 0 Å². The first-order chi connectivity index (χ1) is 18.0. The molecule has 1 fully saturated rings. The molecule has 3 N–H and O–H groups in total. The van der Waals surface area contributed by atoms with Crippen LogP contribution in [0.5, 0.6) is 5.75 Å². The summed E-state index contributed by atoms with van der Waals surface area (Å²) in [5.41, 5.74) is 1.57. The Morgan fingerprint density at radius 3 is 2.30 bits per heavy atom. The Bertz CT molecular complexity index is 1420. The van der Waals surface area contributed by atoms with E-state index >= 15 is 0 Å². The maximum absolute atomic E-state index is 13.2. The number of aromatic hydroxyl groups is 1. The zero-order chi connectivity index (χ0) is 25.8. The van der Waals surface area contributed by atoms with Gasteiger partial charge >= 0.3 is 0 Å². The number of hydrogen-bond acceptors (Lipinski definition) is 5. The van der Waals surface area contributed by atoms with Crippen LogP contribution >= 0.6 is 0 Å². The molecule has 1 atom stereocenters. The van der Waals surface area contributed by atoms with E-state index in [0.29, 0.717) is 18.2 Å². The van der Waals surface area contributed by atoms with Gasteiger partial charge in [-0.2, -0.15) is 0 Å². The van der Waals surface area contributed by atoms with Crippen LogP contribution in [0.2, 0.25) is 0 Å². The van der Waals surface area contributed by atoms with Gasteiger partial charge in [0.1, 0.15) is 11.6 Å². The van der Waals surface area contributed by atoms with Crippen molar-refractivity contribution in [2.75, 3.05) is 0 Å². The highest BCUT2D eigenvalue weighted by molar-refractivity contribution is 5.94. The van der Waals surface area contributed by atoms with Crippen molar-refractivity contribution in [2.24, 2.45) is 0 Å². The van der Waals surface area contributed by atoms with E-state index in [4.69, 9.17) is 0 Å². The first-order valence-corrected chi connectivity index (χ1v) is 12.2. The molecule has 0 bridgehead atoms. The lowest BCUT2D eigenvalue weighted by atomic mass is 10.0. The van der Waals surface area contributed by atoms with Gasteiger partial charge in [-0.25, -0.2) is 9.37 Å². The van der Waals surface area contributed by atoms with Crippen LogP contribution in [-0.2, 0) is 13.1 Å². The fourth-order valence-electron chi connectivity index (χ4n) is 4.41. The number of carbonyl (C=O) groups excluding carboxylic acids is 1. The van der Waals surface area contributed by atoms with E-state index in [9.17, 15) is 19.1 Å².